The number of fused-ring (bicyclic) bond motifs is 2. The van der Waals surface area contributed by atoms with Gasteiger partial charge < -0.3 is 20.0 Å². The minimum Gasteiger partial charge on any atom is -0.492 e. The van der Waals surface area contributed by atoms with Crippen LogP contribution < -0.4 is 9.74 Å². The second-order valence-electron chi connectivity index (χ2n) is 14.1. The number of aromatic hydroxyl groups is 2. The number of anilines is 1. The summed E-state index contributed by atoms with van der Waals surface area (Å²) in [5.74, 6) is -1.20. The van der Waals surface area contributed by atoms with E-state index >= 15 is 0 Å². The van der Waals surface area contributed by atoms with Crippen molar-refractivity contribution in [2.75, 3.05) is 18.0 Å². The molecule has 0 amide bonds. The first-order chi connectivity index (χ1) is 24.8. The summed E-state index contributed by atoms with van der Waals surface area (Å²) < 4.78 is 3.10. The van der Waals surface area contributed by atoms with Crippen molar-refractivity contribution in [3.8, 4) is 22.2 Å². The number of non-ortho nitro benzene ring substituents is 1. The van der Waals surface area contributed by atoms with Gasteiger partial charge in [0.2, 0.25) is 17.4 Å². The topological polar surface area (TPSA) is 121 Å². The fourth-order valence-corrected chi connectivity index (χ4v) is 8.07. The summed E-state index contributed by atoms with van der Waals surface area (Å²) in [4.78, 5) is 32.1. The molecule has 0 radical (unpaired) electrons. The van der Waals surface area contributed by atoms with Crippen LogP contribution in [-0.4, -0.2) is 49.2 Å². The number of thiophene rings is 1. The van der Waals surface area contributed by atoms with Gasteiger partial charge >= 0.3 is 5.97 Å². The molecule has 0 spiro atoms. The fraction of sp³-hybridized carbons (Fsp3) is 0.317. The highest BCUT2D eigenvalue weighted by atomic mass is 32.1. The number of rotatable bonds is 13. The lowest BCUT2D eigenvalue weighted by molar-refractivity contribution is -0.438. The van der Waals surface area contributed by atoms with E-state index in [2.05, 4.69) is 98.0 Å². The number of nitro groups is 1. The lowest BCUT2D eigenvalue weighted by atomic mass is 9.80. The third-order valence-electron chi connectivity index (χ3n) is 10.1. The molecule has 4 aromatic rings. The average molecular weight is 722 g/mol. The van der Waals surface area contributed by atoms with E-state index in [-0.39, 0.29) is 34.2 Å². The number of carbonyl (C=O) groups is 1. The second-order valence-corrected chi connectivity index (χ2v) is 15.1. The molecule has 2 N–H and O–H groups in total. The molecular formula is C41H45N4O6S+. The van der Waals surface area contributed by atoms with E-state index in [0.29, 0.717) is 6.42 Å². The molecule has 0 fully saturated rings. The van der Waals surface area contributed by atoms with Crippen molar-refractivity contribution in [2.24, 2.45) is 0 Å². The van der Waals surface area contributed by atoms with E-state index in [9.17, 15) is 25.1 Å². The molecule has 0 bridgehead atoms. The molecule has 0 aliphatic carbocycles. The number of unbranched alkanes of at least 4 members (excludes halogenated alkanes) is 2. The molecule has 2 aromatic carbocycles. The van der Waals surface area contributed by atoms with Gasteiger partial charge in [-0.05, 0) is 80.5 Å². The van der Waals surface area contributed by atoms with Gasteiger partial charge in [0.1, 0.15) is 6.54 Å². The number of hydrogen-bond acceptors (Lipinski definition) is 8. The number of hydrogen-bond donors (Lipinski definition) is 2. The first-order valence-corrected chi connectivity index (χ1v) is 18.5. The van der Waals surface area contributed by atoms with Gasteiger partial charge in [0.25, 0.3) is 5.69 Å². The minimum absolute atomic E-state index is 0.101. The lowest BCUT2D eigenvalue weighted by Crippen LogP contribution is -2.28. The van der Waals surface area contributed by atoms with Crippen LogP contribution in [-0.2, 0) is 15.6 Å². The molecule has 52 heavy (non-hydrogen) atoms. The summed E-state index contributed by atoms with van der Waals surface area (Å²) in [5.41, 5.74) is 7.30. The van der Waals surface area contributed by atoms with Crippen LogP contribution in [0.4, 0.5) is 17.1 Å². The number of nitrogens with zero attached hydrogens (tertiary/aromatic N) is 4. The molecule has 11 heteroatoms. The largest absolute Gasteiger partial charge is 0.492 e. The zero-order valence-electron chi connectivity index (χ0n) is 30.2. The second kappa shape index (κ2) is 14.7. The molecule has 2 aliphatic rings. The Hall–Kier alpha value is -5.42. The van der Waals surface area contributed by atoms with Crippen molar-refractivity contribution in [3.63, 3.8) is 0 Å². The quantitative estimate of drug-likeness (QED) is 0.0465. The highest BCUT2D eigenvalue weighted by molar-refractivity contribution is 7.13. The van der Waals surface area contributed by atoms with E-state index in [4.69, 9.17) is 4.84 Å². The first kappa shape index (κ1) is 36.4. The molecule has 10 nitrogen and oxygen atoms in total. The Kier molecular flexibility index (Phi) is 10.3. The summed E-state index contributed by atoms with van der Waals surface area (Å²) >= 11 is 1.73. The Balaban J connectivity index is 1.20. The van der Waals surface area contributed by atoms with Crippen LogP contribution in [0.2, 0.25) is 0 Å². The minimum atomic E-state index is -0.527. The number of carbonyl (C=O) groups excluding carboxylic acids is 1. The summed E-state index contributed by atoms with van der Waals surface area (Å²) in [6, 6.07) is 18.5. The van der Waals surface area contributed by atoms with E-state index in [1.54, 1.807) is 23.5 Å². The zero-order chi connectivity index (χ0) is 37.2. The highest BCUT2D eigenvalue weighted by Crippen LogP contribution is 2.49. The molecule has 0 atom stereocenters. The Morgan fingerprint density at radius 1 is 0.942 bits per heavy atom. The van der Waals surface area contributed by atoms with Crippen molar-refractivity contribution in [1.82, 2.24) is 4.73 Å². The number of likely N-dealkylation sites (N-methyl/N-ethyl adjacent to an activating group) is 1. The van der Waals surface area contributed by atoms with Crippen molar-refractivity contribution < 1.29 is 29.3 Å². The van der Waals surface area contributed by atoms with Gasteiger partial charge in [-0.2, -0.15) is 4.58 Å². The van der Waals surface area contributed by atoms with E-state index in [0.717, 1.165) is 47.6 Å². The van der Waals surface area contributed by atoms with Gasteiger partial charge in [0.15, 0.2) is 5.71 Å². The average Bonchev–Trinajstić information content (AvgIpc) is 3.86. The van der Waals surface area contributed by atoms with Crippen LogP contribution in [0.25, 0.3) is 10.4 Å². The maximum absolute atomic E-state index is 12.4. The summed E-state index contributed by atoms with van der Waals surface area (Å²) in [5, 5.41) is 33.1. The molecule has 4 heterocycles. The third kappa shape index (κ3) is 6.92. The maximum Gasteiger partial charge on any atom is 0.333 e. The normalized spacial score (nSPS) is 16.7. The Morgan fingerprint density at radius 3 is 2.40 bits per heavy atom. The molecule has 270 valence electrons. The third-order valence-corrected chi connectivity index (χ3v) is 11.0. The summed E-state index contributed by atoms with van der Waals surface area (Å²) in [7, 11) is 0. The van der Waals surface area contributed by atoms with Gasteiger partial charge in [0.05, 0.1) is 10.3 Å². The summed E-state index contributed by atoms with van der Waals surface area (Å²) in [6.45, 7) is 12.3. The number of nitro benzene ring substituents is 1. The van der Waals surface area contributed by atoms with Crippen LogP contribution in [0.3, 0.4) is 0 Å². The van der Waals surface area contributed by atoms with Crippen molar-refractivity contribution in [1.29, 1.82) is 0 Å². The Labute approximate surface area is 308 Å². The SMILES string of the molecule is CCN1C(=CC=CC=CC2=[N+](CCCCCC(=O)On3c(O)ccc3O)c3ccc(-c4cccs4)cc3C2(C)C)C(C)(C)c2cc([N+](=O)[O-])ccc21. The van der Waals surface area contributed by atoms with Crippen LogP contribution in [0.5, 0.6) is 11.8 Å². The highest BCUT2D eigenvalue weighted by Gasteiger charge is 2.44. The molecule has 0 saturated heterocycles. The molecule has 2 aromatic heterocycles. The monoisotopic (exact) mass is 721 g/mol. The smallest absolute Gasteiger partial charge is 0.333 e. The number of aromatic nitrogens is 1. The molecule has 0 unspecified atom stereocenters. The lowest BCUT2D eigenvalue weighted by Gasteiger charge is -2.25. The van der Waals surface area contributed by atoms with E-state index in [1.807, 2.05) is 18.2 Å². The van der Waals surface area contributed by atoms with Gasteiger partial charge in [-0.15, -0.1) is 16.1 Å². The molecule has 0 saturated carbocycles. The predicted octanol–water partition coefficient (Wildman–Crippen LogP) is 8.94. The van der Waals surface area contributed by atoms with Crippen molar-refractivity contribution in [2.45, 2.75) is 71.1 Å². The Bertz CT molecular complexity index is 2100. The molecule has 6 rings (SSSR count). The van der Waals surface area contributed by atoms with Gasteiger partial charge in [-0.25, -0.2) is 4.79 Å². The van der Waals surface area contributed by atoms with Crippen molar-refractivity contribution >= 4 is 40.1 Å². The van der Waals surface area contributed by atoms with Gasteiger partial charge in [0, 0.05) is 83.0 Å². The van der Waals surface area contributed by atoms with E-state index < -0.39 is 11.4 Å². The number of allylic oxidation sites excluding steroid dienone is 6. The Morgan fingerprint density at radius 2 is 1.71 bits per heavy atom. The van der Waals surface area contributed by atoms with E-state index in [1.165, 1.54) is 39.5 Å². The predicted molar refractivity (Wildman–Crippen MR) is 206 cm³/mol. The van der Waals surface area contributed by atoms with Crippen LogP contribution in [0.15, 0.2) is 102 Å². The number of benzene rings is 2. The summed E-state index contributed by atoms with van der Waals surface area (Å²) in [6.07, 6.45) is 12.8. The van der Waals surface area contributed by atoms with Gasteiger partial charge in [-0.3, -0.25) is 10.1 Å². The van der Waals surface area contributed by atoms with Crippen LogP contribution in [0.1, 0.15) is 71.4 Å². The van der Waals surface area contributed by atoms with Crippen LogP contribution >= 0.6 is 11.3 Å². The molecular weight excluding hydrogens is 677 g/mol. The van der Waals surface area contributed by atoms with Crippen LogP contribution in [0, 0.1) is 10.1 Å². The standard InChI is InChI=1S/C41H44N4O6S/c1-6-42-32-21-19-29(45(49)50)27-31(32)41(4,5)35(42)15-9-7-10-16-36-40(2,3)30-26-28(34-14-13-25-52-34)18-20-33(30)43(36)24-12-8-11-17-39(48)51-44-37(46)22-23-38(44)47/h7,9-10,13-16,18-23,25-27H,6,8,11-12,17,24H2,1-5H3,(H-,46,47)/p+1. The maximum atomic E-state index is 12.4. The first-order valence-electron chi connectivity index (χ1n) is 17.6. The zero-order valence-corrected chi connectivity index (χ0v) is 31.0. The fourth-order valence-electron chi connectivity index (χ4n) is 7.35. The molecule has 2 aliphatic heterocycles. The van der Waals surface area contributed by atoms with Crippen molar-refractivity contribution in [3.05, 3.63) is 123 Å². The van der Waals surface area contributed by atoms with Gasteiger partial charge in [-0.1, -0.05) is 38.1 Å².